The van der Waals surface area contributed by atoms with E-state index in [-0.39, 0.29) is 0 Å². The van der Waals surface area contributed by atoms with Crippen LogP contribution in [0.4, 0.5) is 10.1 Å². The van der Waals surface area contributed by atoms with Crippen molar-refractivity contribution in [2.45, 2.75) is 10.8 Å². The van der Waals surface area contributed by atoms with Crippen LogP contribution in [0.1, 0.15) is 5.56 Å². The van der Waals surface area contributed by atoms with E-state index in [2.05, 4.69) is 4.72 Å². The first-order valence-corrected chi connectivity index (χ1v) is 7.32. The summed E-state index contributed by atoms with van der Waals surface area (Å²) >= 11 is 9.03. The van der Waals surface area contributed by atoms with Crippen LogP contribution in [0.3, 0.4) is 0 Å². The van der Waals surface area contributed by atoms with Crippen LogP contribution < -0.4 is 9.19 Å². The Balaban J connectivity index is 2.89. The summed E-state index contributed by atoms with van der Waals surface area (Å²) in [4.78, 5) is 0. The molecule has 1 unspecified atom stereocenters. The van der Waals surface area contributed by atoms with Crippen molar-refractivity contribution >= 4 is 52.1 Å². The second-order valence-corrected chi connectivity index (χ2v) is 6.93. The zero-order chi connectivity index (χ0) is 13.8. The first-order chi connectivity index (χ1) is 8.31. The van der Waals surface area contributed by atoms with Crippen molar-refractivity contribution in [3.63, 3.8) is 0 Å². The Kier molecular flexibility index (Phi) is 6.16. The van der Waals surface area contributed by atoms with Crippen molar-refractivity contribution < 1.29 is 12.9 Å². The van der Waals surface area contributed by atoms with Gasteiger partial charge in [0.2, 0.25) is 0 Å². The molecule has 1 atom stereocenters. The first kappa shape index (κ1) is 16.0. The van der Waals surface area contributed by atoms with Gasteiger partial charge < -0.3 is 0 Å². The normalized spacial score (nSPS) is 13.4. The van der Waals surface area contributed by atoms with Gasteiger partial charge in [0.25, 0.3) is 11.3 Å². The van der Waals surface area contributed by atoms with Crippen LogP contribution >= 0.6 is 35.1 Å². The number of alkyl halides is 3. The molecule has 1 aromatic carbocycles. The molecule has 0 saturated carbocycles. The maximum absolute atomic E-state index is 13.2. The van der Waals surface area contributed by atoms with Crippen LogP contribution in [-0.2, 0) is 15.6 Å². The molecule has 0 bridgehead atoms. The van der Waals surface area contributed by atoms with Crippen LogP contribution in [0.25, 0.3) is 0 Å². The minimum absolute atomic E-state index is 0.347. The molecule has 1 rings (SSSR count). The number of aryl methyl sites for hydroxylation is 1. The van der Waals surface area contributed by atoms with Gasteiger partial charge in [-0.05, 0) is 26.1 Å². The third kappa shape index (κ3) is 5.73. The maximum atomic E-state index is 13.2. The van der Waals surface area contributed by atoms with Gasteiger partial charge in [0.1, 0.15) is 0 Å². The third-order valence-electron chi connectivity index (χ3n) is 1.73. The van der Waals surface area contributed by atoms with Crippen molar-refractivity contribution in [3.8, 4) is 0 Å². The van der Waals surface area contributed by atoms with E-state index in [4.69, 9.17) is 27.5 Å². The summed E-state index contributed by atoms with van der Waals surface area (Å²) in [5, 5.41) is 0. The summed E-state index contributed by atoms with van der Waals surface area (Å²) in [6, 6.07) is 6.90. The number of nitrogens with one attached hydrogen (secondary N) is 1. The van der Waals surface area contributed by atoms with Crippen molar-refractivity contribution in [1.82, 2.24) is 4.72 Å². The SMILES string of the molecule is CNS(=O)ON(SC(F)(Cl)Cl)c1ccc(C)cc1. The molecule has 18 heavy (non-hydrogen) atoms. The predicted molar refractivity (Wildman–Crippen MR) is 75.1 cm³/mol. The van der Waals surface area contributed by atoms with Crippen LogP contribution in [0.15, 0.2) is 24.3 Å². The lowest BCUT2D eigenvalue weighted by atomic mass is 10.2. The maximum Gasteiger partial charge on any atom is 0.325 e. The molecule has 0 aliphatic carbocycles. The lowest BCUT2D eigenvalue weighted by molar-refractivity contribution is 0.375. The number of nitrogens with zero attached hydrogens (tertiary/aromatic N) is 1. The largest absolute Gasteiger partial charge is 0.325 e. The lowest BCUT2D eigenvalue weighted by Crippen LogP contribution is -2.26. The molecule has 0 spiro atoms. The number of benzene rings is 1. The zero-order valence-electron chi connectivity index (χ0n) is 9.52. The second-order valence-electron chi connectivity index (χ2n) is 3.14. The number of hydrogen-bond acceptors (Lipinski definition) is 4. The lowest BCUT2D eigenvalue weighted by Gasteiger charge is -2.23. The molecule has 9 heteroatoms. The van der Waals surface area contributed by atoms with Gasteiger partial charge in [-0.15, -0.1) is 4.28 Å². The summed E-state index contributed by atoms with van der Waals surface area (Å²) in [6.45, 7) is 1.90. The standard InChI is InChI=1S/C9H11Cl2FN2O2S2/c1-7-3-5-8(6-4-7)14(16-18(15)13-2)17-9(10,11)12/h3-6,13H,1-2H3. The number of halogens is 3. The van der Waals surface area contributed by atoms with Crippen LogP contribution in [0.5, 0.6) is 0 Å². The van der Waals surface area contributed by atoms with Gasteiger partial charge in [0, 0.05) is 0 Å². The summed E-state index contributed by atoms with van der Waals surface area (Å²) in [6.07, 6.45) is 0. The smallest absolute Gasteiger partial charge is 0.216 e. The van der Waals surface area contributed by atoms with Crippen molar-refractivity contribution in [1.29, 1.82) is 0 Å². The molecular formula is C9H11Cl2FN2O2S2. The summed E-state index contributed by atoms with van der Waals surface area (Å²) in [7, 11) is 1.43. The summed E-state index contributed by atoms with van der Waals surface area (Å²) < 4.78 is 30.1. The monoisotopic (exact) mass is 332 g/mol. The third-order valence-corrected chi connectivity index (χ3v) is 3.52. The van der Waals surface area contributed by atoms with Crippen molar-refractivity contribution in [3.05, 3.63) is 29.8 Å². The molecule has 4 nitrogen and oxygen atoms in total. The highest BCUT2D eigenvalue weighted by Gasteiger charge is 2.30. The Morgan fingerprint density at radius 1 is 1.44 bits per heavy atom. The topological polar surface area (TPSA) is 41.6 Å². The molecule has 0 aliphatic heterocycles. The molecule has 0 heterocycles. The zero-order valence-corrected chi connectivity index (χ0v) is 12.7. The molecule has 0 aliphatic rings. The van der Waals surface area contributed by atoms with Crippen molar-refractivity contribution in [2.24, 2.45) is 0 Å². The Bertz CT molecular complexity index is 414. The Hall–Kier alpha value is -0.0500. The van der Waals surface area contributed by atoms with E-state index in [9.17, 15) is 8.60 Å². The second kappa shape index (κ2) is 6.93. The average molecular weight is 333 g/mol. The minimum atomic E-state index is -2.59. The molecule has 0 aromatic heterocycles. The van der Waals surface area contributed by atoms with E-state index in [1.807, 2.05) is 6.92 Å². The predicted octanol–water partition coefficient (Wildman–Crippen LogP) is 3.24. The van der Waals surface area contributed by atoms with E-state index in [0.717, 1.165) is 10.0 Å². The van der Waals surface area contributed by atoms with Crippen molar-refractivity contribution in [2.75, 3.05) is 11.5 Å². The molecular weight excluding hydrogens is 322 g/mol. The van der Waals surface area contributed by atoms with Crippen LogP contribution in [0.2, 0.25) is 0 Å². The highest BCUT2D eigenvalue weighted by molar-refractivity contribution is 8.04. The fourth-order valence-corrected chi connectivity index (χ4v) is 2.33. The van der Waals surface area contributed by atoms with E-state index < -0.39 is 15.2 Å². The van der Waals surface area contributed by atoms with Gasteiger partial charge in [-0.3, -0.25) is 0 Å². The molecule has 0 fully saturated rings. The van der Waals surface area contributed by atoms with Crippen LogP contribution in [-0.4, -0.2) is 15.2 Å². The van der Waals surface area contributed by atoms with E-state index in [1.54, 1.807) is 24.3 Å². The van der Waals surface area contributed by atoms with E-state index in [1.165, 1.54) is 7.05 Å². The fourth-order valence-electron chi connectivity index (χ4n) is 0.970. The molecule has 1 aromatic rings. The van der Waals surface area contributed by atoms with Crippen LogP contribution in [0, 0.1) is 6.92 Å². The molecule has 0 radical (unpaired) electrons. The quantitative estimate of drug-likeness (QED) is 0.493. The average Bonchev–Trinajstić information content (AvgIpc) is 2.27. The highest BCUT2D eigenvalue weighted by Crippen LogP contribution is 2.41. The summed E-state index contributed by atoms with van der Waals surface area (Å²) in [5.41, 5.74) is 1.47. The Morgan fingerprint density at radius 2 is 2.00 bits per heavy atom. The Morgan fingerprint density at radius 3 is 2.44 bits per heavy atom. The molecule has 0 saturated heterocycles. The molecule has 0 amide bonds. The van der Waals surface area contributed by atoms with Gasteiger partial charge in [0.05, 0.1) is 17.6 Å². The Labute approximate surface area is 122 Å². The van der Waals surface area contributed by atoms with Gasteiger partial charge in [-0.1, -0.05) is 40.9 Å². The summed E-state index contributed by atoms with van der Waals surface area (Å²) in [5.74, 6) is 0. The van der Waals surface area contributed by atoms with Gasteiger partial charge in [-0.25, -0.2) is 8.93 Å². The van der Waals surface area contributed by atoms with Gasteiger partial charge >= 0.3 is 3.92 Å². The minimum Gasteiger partial charge on any atom is -0.216 e. The van der Waals surface area contributed by atoms with Gasteiger partial charge in [-0.2, -0.15) is 8.86 Å². The fraction of sp³-hybridized carbons (Fsp3) is 0.333. The number of hydrogen-bond donors (Lipinski definition) is 1. The molecule has 1 N–H and O–H groups in total. The van der Waals surface area contributed by atoms with E-state index in [0.29, 0.717) is 17.6 Å². The number of rotatable bonds is 6. The van der Waals surface area contributed by atoms with E-state index >= 15 is 0 Å². The number of anilines is 1. The first-order valence-electron chi connectivity index (χ1n) is 4.72. The molecule has 102 valence electrons. The van der Waals surface area contributed by atoms with Gasteiger partial charge in [0.15, 0.2) is 0 Å². The highest BCUT2D eigenvalue weighted by atomic mass is 35.5.